The van der Waals surface area contributed by atoms with E-state index in [4.69, 9.17) is 9.47 Å². The van der Waals surface area contributed by atoms with Crippen LogP contribution in [-0.4, -0.2) is 29.2 Å². The first-order valence-electron chi connectivity index (χ1n) is 10.1. The highest BCUT2D eigenvalue weighted by molar-refractivity contribution is 5.91. The van der Waals surface area contributed by atoms with Crippen LogP contribution in [0.1, 0.15) is 18.1 Å². The summed E-state index contributed by atoms with van der Waals surface area (Å²) in [7, 11) is 3.24. The molecule has 0 saturated carbocycles. The zero-order valence-corrected chi connectivity index (χ0v) is 17.8. The van der Waals surface area contributed by atoms with Gasteiger partial charge in [-0.05, 0) is 35.7 Å². The van der Waals surface area contributed by atoms with Gasteiger partial charge in [-0.1, -0.05) is 31.2 Å². The molecule has 0 amide bonds. The van der Waals surface area contributed by atoms with Crippen molar-refractivity contribution < 1.29 is 9.47 Å². The molecule has 0 aliphatic heterocycles. The Morgan fingerprint density at radius 1 is 0.935 bits per heavy atom. The number of aromatic nitrogens is 3. The summed E-state index contributed by atoms with van der Waals surface area (Å²) < 4.78 is 10.7. The molecule has 31 heavy (non-hydrogen) atoms. The molecule has 0 unspecified atom stereocenters. The fourth-order valence-electron chi connectivity index (χ4n) is 3.42. The summed E-state index contributed by atoms with van der Waals surface area (Å²) in [5, 5.41) is 7.47. The largest absolute Gasteiger partial charge is 0.497 e. The number of pyridine rings is 1. The summed E-state index contributed by atoms with van der Waals surface area (Å²) in [5.41, 5.74) is 4.14. The monoisotopic (exact) mass is 415 g/mol. The van der Waals surface area contributed by atoms with Crippen LogP contribution < -0.4 is 20.1 Å². The maximum absolute atomic E-state index is 5.47. The Labute approximate surface area is 181 Å². The molecular weight excluding hydrogens is 390 g/mol. The van der Waals surface area contributed by atoms with Crippen molar-refractivity contribution in [2.75, 3.05) is 24.9 Å². The number of aryl methyl sites for hydroxylation is 1. The van der Waals surface area contributed by atoms with Crippen LogP contribution in [0.5, 0.6) is 11.5 Å². The smallest absolute Gasteiger partial charge is 0.223 e. The van der Waals surface area contributed by atoms with Gasteiger partial charge in [0.25, 0.3) is 0 Å². The van der Waals surface area contributed by atoms with E-state index in [1.165, 1.54) is 11.1 Å². The van der Waals surface area contributed by atoms with E-state index in [0.29, 0.717) is 24.1 Å². The molecule has 0 bridgehead atoms. The van der Waals surface area contributed by atoms with Crippen LogP contribution in [0.25, 0.3) is 10.9 Å². The minimum atomic E-state index is 0.581. The van der Waals surface area contributed by atoms with Crippen LogP contribution in [-0.2, 0) is 13.0 Å². The molecule has 2 aromatic carbocycles. The van der Waals surface area contributed by atoms with E-state index < -0.39 is 0 Å². The Morgan fingerprint density at radius 3 is 2.55 bits per heavy atom. The first-order valence-corrected chi connectivity index (χ1v) is 10.1. The molecular formula is C24H25N5O2. The number of ether oxygens (including phenoxy) is 2. The average molecular weight is 415 g/mol. The predicted octanol–water partition coefficient (Wildman–Crippen LogP) is 4.96. The molecule has 0 aliphatic carbocycles. The predicted molar refractivity (Wildman–Crippen MR) is 123 cm³/mol. The average Bonchev–Trinajstić information content (AvgIpc) is 2.83. The van der Waals surface area contributed by atoms with E-state index in [1.54, 1.807) is 26.6 Å². The number of rotatable bonds is 8. The van der Waals surface area contributed by atoms with Gasteiger partial charge < -0.3 is 20.1 Å². The highest BCUT2D eigenvalue weighted by Crippen LogP contribution is 2.32. The summed E-state index contributed by atoms with van der Waals surface area (Å²) in [6.07, 6.45) is 4.50. The summed E-state index contributed by atoms with van der Waals surface area (Å²) in [5.74, 6) is 2.62. The Hall–Kier alpha value is -3.87. The molecule has 2 heterocycles. The van der Waals surface area contributed by atoms with Crippen LogP contribution in [0.3, 0.4) is 0 Å². The molecule has 2 N–H and O–H groups in total. The maximum Gasteiger partial charge on any atom is 0.223 e. The second-order valence-corrected chi connectivity index (χ2v) is 6.95. The Bertz CT molecular complexity index is 1200. The van der Waals surface area contributed by atoms with Crippen LogP contribution in [0.15, 0.2) is 60.9 Å². The standard InChI is InChI=1S/C24H25N5O2/c1-4-16-7-5-6-8-17(16)14-26-24-27-15-19-20(29-24)11-12-25-23(19)28-21-10-9-18(30-2)13-22(21)31-3/h5-13,15H,4,14H2,1-3H3,(H,25,28)(H,26,27,29). The second-order valence-electron chi connectivity index (χ2n) is 6.95. The molecule has 2 aromatic heterocycles. The molecule has 4 aromatic rings. The normalized spacial score (nSPS) is 10.7. The Balaban J connectivity index is 1.57. The number of hydrogen-bond acceptors (Lipinski definition) is 7. The van der Waals surface area contributed by atoms with Gasteiger partial charge in [-0.3, -0.25) is 0 Å². The molecule has 0 aliphatic rings. The van der Waals surface area contributed by atoms with Gasteiger partial charge >= 0.3 is 0 Å². The van der Waals surface area contributed by atoms with Gasteiger partial charge in [-0.2, -0.15) is 0 Å². The second kappa shape index (κ2) is 9.30. The number of hydrogen-bond donors (Lipinski definition) is 2. The van der Waals surface area contributed by atoms with Gasteiger partial charge in [0.15, 0.2) is 0 Å². The third-order valence-corrected chi connectivity index (χ3v) is 5.11. The molecule has 0 spiro atoms. The number of methoxy groups -OCH3 is 2. The highest BCUT2D eigenvalue weighted by Gasteiger charge is 2.10. The molecule has 0 radical (unpaired) electrons. The van der Waals surface area contributed by atoms with Crippen LogP contribution in [0.2, 0.25) is 0 Å². The van der Waals surface area contributed by atoms with Crippen molar-refractivity contribution in [2.24, 2.45) is 0 Å². The third kappa shape index (κ3) is 4.50. The molecule has 0 fully saturated rings. The zero-order valence-electron chi connectivity index (χ0n) is 17.8. The number of nitrogens with one attached hydrogen (secondary N) is 2. The van der Waals surface area contributed by atoms with E-state index in [-0.39, 0.29) is 0 Å². The number of anilines is 3. The van der Waals surface area contributed by atoms with Crippen LogP contribution in [0.4, 0.5) is 17.5 Å². The van der Waals surface area contributed by atoms with Crippen LogP contribution >= 0.6 is 0 Å². The van der Waals surface area contributed by atoms with Crippen molar-refractivity contribution in [3.8, 4) is 11.5 Å². The fraction of sp³-hybridized carbons (Fsp3) is 0.208. The molecule has 158 valence electrons. The Kier molecular flexibility index (Phi) is 6.12. The van der Waals surface area contributed by atoms with Crippen molar-refractivity contribution in [3.05, 3.63) is 72.1 Å². The topological polar surface area (TPSA) is 81.2 Å². The summed E-state index contributed by atoms with van der Waals surface area (Å²) in [4.78, 5) is 13.6. The molecule has 4 rings (SSSR count). The lowest BCUT2D eigenvalue weighted by Crippen LogP contribution is -2.06. The van der Waals surface area contributed by atoms with Crippen molar-refractivity contribution in [3.63, 3.8) is 0 Å². The van der Waals surface area contributed by atoms with Gasteiger partial charge in [0, 0.05) is 25.0 Å². The Morgan fingerprint density at radius 2 is 1.77 bits per heavy atom. The lowest BCUT2D eigenvalue weighted by atomic mass is 10.1. The van der Waals surface area contributed by atoms with Gasteiger partial charge in [0.1, 0.15) is 17.3 Å². The summed E-state index contributed by atoms with van der Waals surface area (Å²) in [6, 6.07) is 15.8. The van der Waals surface area contributed by atoms with E-state index in [0.717, 1.165) is 28.8 Å². The quantitative estimate of drug-likeness (QED) is 0.421. The molecule has 0 saturated heterocycles. The van der Waals surface area contributed by atoms with Gasteiger partial charge in [-0.25, -0.2) is 15.0 Å². The minimum absolute atomic E-state index is 0.581. The third-order valence-electron chi connectivity index (χ3n) is 5.11. The number of benzene rings is 2. The molecule has 0 atom stereocenters. The van der Waals surface area contributed by atoms with E-state index in [1.807, 2.05) is 24.3 Å². The SMILES string of the molecule is CCc1ccccc1CNc1ncc2c(Nc3ccc(OC)cc3OC)nccc2n1. The first-order chi connectivity index (χ1) is 15.2. The van der Waals surface area contributed by atoms with E-state index in [2.05, 4.69) is 56.8 Å². The summed E-state index contributed by atoms with van der Waals surface area (Å²) in [6.45, 7) is 2.83. The maximum atomic E-state index is 5.47. The highest BCUT2D eigenvalue weighted by atomic mass is 16.5. The fourth-order valence-corrected chi connectivity index (χ4v) is 3.42. The lowest BCUT2D eigenvalue weighted by Gasteiger charge is -2.13. The molecule has 7 nitrogen and oxygen atoms in total. The van der Waals surface area contributed by atoms with E-state index >= 15 is 0 Å². The van der Waals surface area contributed by atoms with Crippen LogP contribution in [0, 0.1) is 0 Å². The molecule has 7 heteroatoms. The zero-order chi connectivity index (χ0) is 21.6. The lowest BCUT2D eigenvalue weighted by molar-refractivity contribution is 0.395. The van der Waals surface area contributed by atoms with Crippen molar-refractivity contribution in [1.29, 1.82) is 0 Å². The van der Waals surface area contributed by atoms with Gasteiger partial charge in [0.05, 0.1) is 30.8 Å². The first kappa shape index (κ1) is 20.4. The van der Waals surface area contributed by atoms with Gasteiger partial charge in [-0.15, -0.1) is 0 Å². The minimum Gasteiger partial charge on any atom is -0.497 e. The number of fused-ring (bicyclic) bond motifs is 1. The van der Waals surface area contributed by atoms with Crippen molar-refractivity contribution in [1.82, 2.24) is 15.0 Å². The van der Waals surface area contributed by atoms with E-state index in [9.17, 15) is 0 Å². The van der Waals surface area contributed by atoms with Gasteiger partial charge in [0.2, 0.25) is 5.95 Å². The van der Waals surface area contributed by atoms with Crippen molar-refractivity contribution >= 4 is 28.4 Å². The number of nitrogens with zero attached hydrogens (tertiary/aromatic N) is 3. The van der Waals surface area contributed by atoms with Crippen molar-refractivity contribution in [2.45, 2.75) is 19.9 Å². The summed E-state index contributed by atoms with van der Waals surface area (Å²) >= 11 is 0.